The molecule has 18 heavy (non-hydrogen) atoms. The number of hydrogen-bond donors (Lipinski definition) is 1. The number of alkyl halides is 3. The van der Waals surface area contributed by atoms with E-state index in [-0.39, 0.29) is 5.13 Å². The topological polar surface area (TPSA) is 41.0 Å². The van der Waals surface area contributed by atoms with E-state index in [1.807, 2.05) is 7.05 Å². The number of nitrogens with zero attached hydrogens (tertiary/aromatic N) is 3. The van der Waals surface area contributed by atoms with Crippen molar-refractivity contribution in [2.24, 2.45) is 0 Å². The minimum Gasteiger partial charge on any atom is -0.359 e. The summed E-state index contributed by atoms with van der Waals surface area (Å²) in [6, 6.07) is 0.451. The number of hydrogen-bond acceptors (Lipinski definition) is 5. The molecule has 1 unspecified atom stereocenters. The van der Waals surface area contributed by atoms with Gasteiger partial charge in [-0.1, -0.05) is 6.92 Å². The molecule has 0 fully saturated rings. The molecule has 0 saturated heterocycles. The Morgan fingerprint density at radius 2 is 2.11 bits per heavy atom. The van der Waals surface area contributed by atoms with Gasteiger partial charge in [0.15, 0.2) is 0 Å². The lowest BCUT2D eigenvalue weighted by Crippen LogP contribution is -2.32. The van der Waals surface area contributed by atoms with Crippen molar-refractivity contribution in [3.63, 3.8) is 0 Å². The monoisotopic (exact) mass is 282 g/mol. The van der Waals surface area contributed by atoms with E-state index in [0.717, 1.165) is 24.5 Å². The Morgan fingerprint density at radius 3 is 2.61 bits per heavy atom. The quantitative estimate of drug-likeness (QED) is 0.871. The van der Waals surface area contributed by atoms with Gasteiger partial charge < -0.3 is 10.2 Å². The van der Waals surface area contributed by atoms with Crippen molar-refractivity contribution in [1.29, 1.82) is 0 Å². The molecular formula is C10H17F3N4S. The number of rotatable bonds is 6. The maximum Gasteiger partial charge on any atom is 0.452 e. The van der Waals surface area contributed by atoms with Crippen LogP contribution >= 0.6 is 11.5 Å². The third kappa shape index (κ3) is 4.41. The van der Waals surface area contributed by atoms with Gasteiger partial charge in [0.1, 0.15) is 0 Å². The largest absolute Gasteiger partial charge is 0.452 e. The van der Waals surface area contributed by atoms with E-state index >= 15 is 0 Å². The predicted octanol–water partition coefficient (Wildman–Crippen LogP) is 2.70. The van der Waals surface area contributed by atoms with Crippen LogP contribution in [0.4, 0.5) is 18.3 Å². The molecule has 1 rings (SSSR count). The molecular weight excluding hydrogens is 265 g/mol. The molecule has 104 valence electrons. The van der Waals surface area contributed by atoms with Crippen LogP contribution in [-0.4, -0.2) is 40.4 Å². The zero-order valence-corrected chi connectivity index (χ0v) is 11.4. The zero-order valence-electron chi connectivity index (χ0n) is 10.6. The van der Waals surface area contributed by atoms with Crippen molar-refractivity contribution >= 4 is 16.7 Å². The van der Waals surface area contributed by atoms with Gasteiger partial charge in [0.25, 0.3) is 0 Å². The van der Waals surface area contributed by atoms with Crippen LogP contribution in [-0.2, 0) is 6.18 Å². The van der Waals surface area contributed by atoms with Crippen molar-refractivity contribution in [2.45, 2.75) is 32.5 Å². The summed E-state index contributed by atoms with van der Waals surface area (Å²) in [6.07, 6.45) is -3.43. The molecule has 1 heterocycles. The molecule has 1 aromatic rings. The summed E-state index contributed by atoms with van der Waals surface area (Å²) in [5, 5.41) is 3.06. The highest BCUT2D eigenvalue weighted by Crippen LogP contribution is 2.28. The van der Waals surface area contributed by atoms with Gasteiger partial charge in [-0.3, -0.25) is 0 Å². The summed E-state index contributed by atoms with van der Waals surface area (Å²) in [6.45, 7) is 5.49. The first-order valence-corrected chi connectivity index (χ1v) is 6.47. The maximum atomic E-state index is 12.2. The van der Waals surface area contributed by atoms with Crippen molar-refractivity contribution < 1.29 is 13.2 Å². The molecule has 0 aliphatic rings. The van der Waals surface area contributed by atoms with Gasteiger partial charge in [-0.2, -0.15) is 22.5 Å². The fraction of sp³-hybridized carbons (Fsp3) is 0.800. The predicted molar refractivity (Wildman–Crippen MR) is 65.8 cm³/mol. The van der Waals surface area contributed by atoms with Crippen molar-refractivity contribution in [2.75, 3.05) is 25.5 Å². The van der Waals surface area contributed by atoms with E-state index in [4.69, 9.17) is 0 Å². The molecule has 1 atom stereocenters. The second-order valence-corrected chi connectivity index (χ2v) is 4.84. The molecule has 0 amide bonds. The maximum absolute atomic E-state index is 12.2. The third-order valence-corrected chi connectivity index (χ3v) is 3.44. The second kappa shape index (κ2) is 6.33. The summed E-state index contributed by atoms with van der Waals surface area (Å²) in [7, 11) is 1.98. The van der Waals surface area contributed by atoms with E-state index in [9.17, 15) is 13.2 Å². The van der Waals surface area contributed by atoms with E-state index in [2.05, 4.69) is 33.4 Å². The van der Waals surface area contributed by atoms with Gasteiger partial charge in [0, 0.05) is 30.7 Å². The summed E-state index contributed by atoms with van der Waals surface area (Å²) >= 11 is 0.731. The number of halogens is 3. The number of likely N-dealkylation sites (N-methyl/N-ethyl adjacent to an activating group) is 1. The molecule has 0 aliphatic heterocycles. The fourth-order valence-electron chi connectivity index (χ4n) is 1.28. The smallest absolute Gasteiger partial charge is 0.359 e. The summed E-state index contributed by atoms with van der Waals surface area (Å²) in [4.78, 5) is 5.53. The van der Waals surface area contributed by atoms with E-state index < -0.39 is 12.0 Å². The van der Waals surface area contributed by atoms with E-state index in [1.165, 1.54) is 0 Å². The first-order chi connectivity index (χ1) is 8.34. The SMILES string of the molecule is CCC(C)N(C)CCNc1nc(C(F)(F)F)ns1. The Labute approximate surface area is 108 Å². The van der Waals surface area contributed by atoms with Crippen LogP contribution in [0.3, 0.4) is 0 Å². The standard InChI is InChI=1S/C10H17F3N4S/c1-4-7(2)17(3)6-5-14-9-15-8(16-18-9)10(11,12)13/h7H,4-6H2,1-3H3,(H,14,15,16). The average Bonchev–Trinajstić information content (AvgIpc) is 2.76. The zero-order chi connectivity index (χ0) is 13.8. The third-order valence-electron chi connectivity index (χ3n) is 2.76. The highest BCUT2D eigenvalue weighted by Gasteiger charge is 2.36. The van der Waals surface area contributed by atoms with Gasteiger partial charge in [-0.15, -0.1) is 0 Å². The average molecular weight is 282 g/mol. The van der Waals surface area contributed by atoms with Gasteiger partial charge in [0.2, 0.25) is 11.0 Å². The van der Waals surface area contributed by atoms with Crippen molar-refractivity contribution in [1.82, 2.24) is 14.3 Å². The normalized spacial score (nSPS) is 13.9. The van der Waals surface area contributed by atoms with Crippen LogP contribution in [0.2, 0.25) is 0 Å². The lowest BCUT2D eigenvalue weighted by molar-refractivity contribution is -0.144. The van der Waals surface area contributed by atoms with Gasteiger partial charge in [-0.05, 0) is 20.4 Å². The Bertz CT molecular complexity index is 366. The summed E-state index contributed by atoms with van der Waals surface area (Å²) < 4.78 is 40.0. The second-order valence-electron chi connectivity index (χ2n) is 4.09. The van der Waals surface area contributed by atoms with E-state index in [0.29, 0.717) is 12.6 Å². The van der Waals surface area contributed by atoms with E-state index in [1.54, 1.807) is 0 Å². The van der Waals surface area contributed by atoms with Crippen LogP contribution in [0.5, 0.6) is 0 Å². The number of anilines is 1. The molecule has 0 spiro atoms. The lowest BCUT2D eigenvalue weighted by Gasteiger charge is -2.23. The Morgan fingerprint density at radius 1 is 1.44 bits per heavy atom. The van der Waals surface area contributed by atoms with Gasteiger partial charge in [-0.25, -0.2) is 0 Å². The Hall–Kier alpha value is -0.890. The molecule has 4 nitrogen and oxygen atoms in total. The Kier molecular flexibility index (Phi) is 5.33. The highest BCUT2D eigenvalue weighted by atomic mass is 32.1. The number of nitrogens with one attached hydrogen (secondary N) is 1. The molecule has 8 heteroatoms. The van der Waals surface area contributed by atoms with Crippen molar-refractivity contribution in [3.8, 4) is 0 Å². The fourth-order valence-corrected chi connectivity index (χ4v) is 1.89. The van der Waals surface area contributed by atoms with Gasteiger partial charge >= 0.3 is 6.18 Å². The van der Waals surface area contributed by atoms with Crippen LogP contribution in [0.25, 0.3) is 0 Å². The summed E-state index contributed by atoms with van der Waals surface area (Å²) in [5.41, 5.74) is 0. The van der Waals surface area contributed by atoms with Crippen molar-refractivity contribution in [3.05, 3.63) is 5.82 Å². The number of aromatic nitrogens is 2. The first kappa shape index (κ1) is 15.2. The molecule has 1 N–H and O–H groups in total. The minimum absolute atomic E-state index is 0.208. The van der Waals surface area contributed by atoms with Crippen LogP contribution in [0.1, 0.15) is 26.1 Å². The molecule has 0 aromatic carbocycles. The molecule has 0 bridgehead atoms. The van der Waals surface area contributed by atoms with Crippen LogP contribution < -0.4 is 5.32 Å². The molecule has 0 radical (unpaired) electrons. The van der Waals surface area contributed by atoms with Crippen LogP contribution in [0, 0.1) is 0 Å². The molecule has 0 aliphatic carbocycles. The lowest BCUT2D eigenvalue weighted by atomic mass is 10.2. The van der Waals surface area contributed by atoms with Gasteiger partial charge in [0.05, 0.1) is 0 Å². The Balaban J connectivity index is 2.38. The molecule has 1 aromatic heterocycles. The molecule has 0 saturated carbocycles. The van der Waals surface area contributed by atoms with Crippen LogP contribution in [0.15, 0.2) is 0 Å². The first-order valence-electron chi connectivity index (χ1n) is 5.69. The minimum atomic E-state index is -4.47. The highest BCUT2D eigenvalue weighted by molar-refractivity contribution is 7.09. The summed E-state index contributed by atoms with van der Waals surface area (Å²) in [5.74, 6) is -1.08.